The maximum atomic E-state index is 11.7. The molecule has 0 aliphatic carbocycles. The molecule has 1 atom stereocenters. The van der Waals surface area contributed by atoms with Crippen LogP contribution in [0.5, 0.6) is 0 Å². The van der Waals surface area contributed by atoms with Crippen molar-refractivity contribution in [2.24, 2.45) is 0 Å². The lowest BCUT2D eigenvalue weighted by molar-refractivity contribution is -0.879. The second-order valence-electron chi connectivity index (χ2n) is 4.76. The predicted molar refractivity (Wildman–Crippen MR) is 76.4 cm³/mol. The Morgan fingerprint density at radius 2 is 1.84 bits per heavy atom. The molecule has 1 unspecified atom stereocenters. The van der Waals surface area contributed by atoms with Gasteiger partial charge in [-0.2, -0.15) is 0 Å². The Kier molecular flexibility index (Phi) is 7.77. The number of hydrogen-bond donors (Lipinski definition) is 3. The molecule has 0 aliphatic heterocycles. The maximum absolute atomic E-state index is 11.7. The molecule has 0 fully saturated rings. The number of pyridine rings is 1. The third-order valence-electron chi connectivity index (χ3n) is 3.04. The number of aromatic nitrogens is 1. The van der Waals surface area contributed by atoms with Crippen molar-refractivity contribution in [3.63, 3.8) is 0 Å². The summed E-state index contributed by atoms with van der Waals surface area (Å²) in [5.41, 5.74) is 0.671. The van der Waals surface area contributed by atoms with Crippen molar-refractivity contribution in [2.75, 3.05) is 40.3 Å². The Labute approximate surface area is 115 Å². The molecule has 5 heteroatoms. The number of rotatable bonds is 9. The normalized spacial score (nSPS) is 12.1. The van der Waals surface area contributed by atoms with Crippen LogP contribution in [0.1, 0.15) is 23.2 Å². The van der Waals surface area contributed by atoms with E-state index >= 15 is 0 Å². The number of carbonyl (C=O) groups is 1. The summed E-state index contributed by atoms with van der Waals surface area (Å²) in [6.45, 7) is 4.04. The van der Waals surface area contributed by atoms with Crippen LogP contribution in [0.3, 0.4) is 0 Å². The fourth-order valence-corrected chi connectivity index (χ4v) is 1.89. The Hall–Kier alpha value is -1.46. The smallest absolute Gasteiger partial charge is 0.251 e. The van der Waals surface area contributed by atoms with E-state index in [1.807, 2.05) is 7.05 Å². The van der Waals surface area contributed by atoms with Crippen molar-refractivity contribution in [3.8, 4) is 0 Å². The highest BCUT2D eigenvalue weighted by molar-refractivity contribution is 5.93. The number of amides is 1. The molecule has 1 aromatic heterocycles. The van der Waals surface area contributed by atoms with Gasteiger partial charge in [-0.05, 0) is 19.2 Å². The summed E-state index contributed by atoms with van der Waals surface area (Å²) in [5, 5.41) is 6.08. The predicted octanol–water partition coefficient (Wildman–Crippen LogP) is -0.674. The summed E-state index contributed by atoms with van der Waals surface area (Å²) in [5.74, 6) is -0.0183. The molecular formula is C14H25N4O+. The first-order valence-electron chi connectivity index (χ1n) is 6.88. The maximum Gasteiger partial charge on any atom is 0.251 e. The molecule has 0 saturated carbocycles. The van der Waals surface area contributed by atoms with E-state index in [1.54, 1.807) is 24.5 Å². The Morgan fingerprint density at radius 1 is 1.21 bits per heavy atom. The summed E-state index contributed by atoms with van der Waals surface area (Å²) in [6, 6.07) is 3.45. The van der Waals surface area contributed by atoms with E-state index in [1.165, 1.54) is 17.9 Å². The zero-order valence-corrected chi connectivity index (χ0v) is 11.9. The molecule has 0 radical (unpaired) electrons. The molecule has 19 heavy (non-hydrogen) atoms. The van der Waals surface area contributed by atoms with Gasteiger partial charge in [-0.25, -0.2) is 0 Å². The summed E-state index contributed by atoms with van der Waals surface area (Å²) >= 11 is 0. The Morgan fingerprint density at radius 3 is 2.47 bits per heavy atom. The lowest BCUT2D eigenvalue weighted by Gasteiger charge is -2.13. The van der Waals surface area contributed by atoms with Crippen LogP contribution in [0.4, 0.5) is 0 Å². The first kappa shape index (κ1) is 15.6. The molecule has 0 aromatic carbocycles. The van der Waals surface area contributed by atoms with E-state index in [4.69, 9.17) is 0 Å². The van der Waals surface area contributed by atoms with Crippen LogP contribution in [-0.2, 0) is 0 Å². The van der Waals surface area contributed by atoms with Crippen molar-refractivity contribution in [2.45, 2.75) is 12.8 Å². The van der Waals surface area contributed by atoms with E-state index in [9.17, 15) is 4.79 Å². The monoisotopic (exact) mass is 265 g/mol. The summed E-state index contributed by atoms with van der Waals surface area (Å²) in [6.07, 6.45) is 5.46. The minimum absolute atomic E-state index is 0.0183. The van der Waals surface area contributed by atoms with Crippen molar-refractivity contribution in [3.05, 3.63) is 30.1 Å². The van der Waals surface area contributed by atoms with Gasteiger partial charge in [0.25, 0.3) is 5.91 Å². The first-order chi connectivity index (χ1) is 9.24. The van der Waals surface area contributed by atoms with E-state index in [0.29, 0.717) is 5.56 Å². The van der Waals surface area contributed by atoms with Crippen LogP contribution in [0, 0.1) is 0 Å². The average Bonchev–Trinajstić information content (AvgIpc) is 2.44. The van der Waals surface area contributed by atoms with Crippen molar-refractivity contribution in [1.82, 2.24) is 15.6 Å². The second-order valence-corrected chi connectivity index (χ2v) is 4.76. The topological polar surface area (TPSA) is 58.5 Å². The number of hydrogen-bond acceptors (Lipinski definition) is 3. The molecule has 1 rings (SSSR count). The van der Waals surface area contributed by atoms with Gasteiger partial charge in [0.2, 0.25) is 0 Å². The van der Waals surface area contributed by atoms with Gasteiger partial charge >= 0.3 is 0 Å². The van der Waals surface area contributed by atoms with Gasteiger partial charge in [-0.3, -0.25) is 9.78 Å². The van der Waals surface area contributed by atoms with Gasteiger partial charge in [-0.1, -0.05) is 0 Å². The van der Waals surface area contributed by atoms with Gasteiger partial charge < -0.3 is 15.5 Å². The summed E-state index contributed by atoms with van der Waals surface area (Å²) in [7, 11) is 4.17. The van der Waals surface area contributed by atoms with Crippen LogP contribution < -0.4 is 15.5 Å². The highest BCUT2D eigenvalue weighted by atomic mass is 16.1. The largest absolute Gasteiger partial charge is 0.352 e. The fourth-order valence-electron chi connectivity index (χ4n) is 1.89. The van der Waals surface area contributed by atoms with E-state index in [-0.39, 0.29) is 5.91 Å². The number of nitrogens with one attached hydrogen (secondary N) is 3. The van der Waals surface area contributed by atoms with Gasteiger partial charge in [0.05, 0.1) is 20.1 Å². The zero-order valence-electron chi connectivity index (χ0n) is 11.9. The lowest BCUT2D eigenvalue weighted by Crippen LogP contribution is -3.09. The molecular weight excluding hydrogens is 240 g/mol. The van der Waals surface area contributed by atoms with E-state index in [0.717, 1.165) is 26.1 Å². The molecule has 1 amide bonds. The molecule has 106 valence electrons. The number of quaternary nitrogens is 1. The standard InChI is InChI=1S/C14H24N4O/c1-15-7-3-11-18(2)12-4-8-17-14(19)13-5-9-16-10-6-13/h5-6,9-10,15H,3-4,7-8,11-12H2,1-2H3,(H,17,19)/p+1. The SMILES string of the molecule is CNCCC[NH+](C)CCCNC(=O)c1ccncc1. The van der Waals surface area contributed by atoms with E-state index < -0.39 is 0 Å². The van der Waals surface area contributed by atoms with Crippen LogP contribution in [0.15, 0.2) is 24.5 Å². The Bertz CT molecular complexity index is 356. The highest BCUT2D eigenvalue weighted by Gasteiger charge is 2.05. The van der Waals surface area contributed by atoms with Crippen molar-refractivity contribution < 1.29 is 9.69 Å². The first-order valence-corrected chi connectivity index (χ1v) is 6.88. The molecule has 1 heterocycles. The minimum atomic E-state index is -0.0183. The molecule has 3 N–H and O–H groups in total. The molecule has 0 saturated heterocycles. The van der Waals surface area contributed by atoms with Gasteiger partial charge in [-0.15, -0.1) is 0 Å². The molecule has 1 aromatic rings. The number of nitrogens with zero attached hydrogens (tertiary/aromatic N) is 1. The van der Waals surface area contributed by atoms with Gasteiger partial charge in [0, 0.05) is 43.9 Å². The van der Waals surface area contributed by atoms with E-state index in [2.05, 4.69) is 22.7 Å². The van der Waals surface area contributed by atoms with Crippen LogP contribution >= 0.6 is 0 Å². The van der Waals surface area contributed by atoms with Crippen LogP contribution in [-0.4, -0.2) is 51.2 Å². The number of carbonyl (C=O) groups excluding carboxylic acids is 1. The molecule has 0 aliphatic rings. The summed E-state index contributed by atoms with van der Waals surface area (Å²) < 4.78 is 0. The third kappa shape index (κ3) is 6.88. The van der Waals surface area contributed by atoms with Crippen LogP contribution in [0.25, 0.3) is 0 Å². The molecule has 0 bridgehead atoms. The lowest BCUT2D eigenvalue weighted by atomic mass is 10.2. The van der Waals surface area contributed by atoms with Crippen LogP contribution in [0.2, 0.25) is 0 Å². The molecule has 0 spiro atoms. The summed E-state index contributed by atoms with van der Waals surface area (Å²) in [4.78, 5) is 17.1. The minimum Gasteiger partial charge on any atom is -0.352 e. The van der Waals surface area contributed by atoms with Crippen molar-refractivity contribution in [1.29, 1.82) is 0 Å². The molecule has 5 nitrogen and oxygen atoms in total. The second kappa shape index (κ2) is 9.47. The van der Waals surface area contributed by atoms with Crippen molar-refractivity contribution >= 4 is 5.91 Å². The highest BCUT2D eigenvalue weighted by Crippen LogP contribution is 1.94. The fraction of sp³-hybridized carbons (Fsp3) is 0.571. The Balaban J connectivity index is 2.09. The quantitative estimate of drug-likeness (QED) is 0.519. The third-order valence-corrected chi connectivity index (χ3v) is 3.04. The average molecular weight is 265 g/mol. The zero-order chi connectivity index (χ0) is 13.9. The van der Waals surface area contributed by atoms with Gasteiger partial charge in [0.1, 0.15) is 0 Å². The van der Waals surface area contributed by atoms with Gasteiger partial charge in [0.15, 0.2) is 0 Å².